The van der Waals surface area contributed by atoms with Crippen LogP contribution in [0.15, 0.2) is 24.3 Å². The first-order valence-corrected chi connectivity index (χ1v) is 5.47. The van der Waals surface area contributed by atoms with Gasteiger partial charge in [-0.25, -0.2) is 0 Å². The summed E-state index contributed by atoms with van der Waals surface area (Å²) in [7, 11) is 0. The van der Waals surface area contributed by atoms with Gasteiger partial charge in [-0.3, -0.25) is 4.79 Å². The average Bonchev–Trinajstić information content (AvgIpc) is 2.28. The number of alkyl halides is 3. The number of halogens is 3. The Morgan fingerprint density at radius 1 is 1.39 bits per heavy atom. The first kappa shape index (κ1) is 14.5. The largest absolute Gasteiger partial charge is 0.480 e. The van der Waals surface area contributed by atoms with Crippen molar-refractivity contribution in [2.75, 3.05) is 0 Å². The molecule has 0 aliphatic rings. The smallest absolute Gasteiger partial charge is 0.416 e. The molecular weight excluding hydrogens is 247 g/mol. The van der Waals surface area contributed by atoms with Crippen LogP contribution in [0.25, 0.3) is 0 Å². The maximum Gasteiger partial charge on any atom is 0.416 e. The third-order valence-corrected chi connectivity index (χ3v) is 2.57. The highest BCUT2D eigenvalue weighted by Crippen LogP contribution is 2.31. The van der Waals surface area contributed by atoms with Gasteiger partial charge in [0.25, 0.3) is 0 Å². The van der Waals surface area contributed by atoms with E-state index in [4.69, 9.17) is 5.11 Å². The van der Waals surface area contributed by atoms with Crippen molar-refractivity contribution < 1.29 is 23.1 Å². The SMILES string of the molecule is CCC(NCc1ccccc1C(F)(F)F)C(=O)O. The molecule has 0 bridgehead atoms. The van der Waals surface area contributed by atoms with Crippen molar-refractivity contribution in [2.24, 2.45) is 0 Å². The number of carbonyl (C=O) groups is 1. The Bertz CT molecular complexity index is 418. The standard InChI is InChI=1S/C12H14F3NO2/c1-2-10(11(17)18)16-7-8-5-3-4-6-9(8)12(13,14)15/h3-6,10,16H,2,7H2,1H3,(H,17,18). The molecule has 1 unspecified atom stereocenters. The number of rotatable bonds is 5. The Morgan fingerprint density at radius 2 is 2.00 bits per heavy atom. The molecule has 1 atom stereocenters. The number of hydrogen-bond donors (Lipinski definition) is 2. The van der Waals surface area contributed by atoms with Crippen molar-refractivity contribution in [3.05, 3.63) is 35.4 Å². The van der Waals surface area contributed by atoms with Gasteiger partial charge in [0.05, 0.1) is 5.56 Å². The molecule has 100 valence electrons. The molecular formula is C12H14F3NO2. The number of hydrogen-bond acceptors (Lipinski definition) is 2. The zero-order valence-electron chi connectivity index (χ0n) is 9.79. The summed E-state index contributed by atoms with van der Waals surface area (Å²) in [5, 5.41) is 11.4. The fourth-order valence-electron chi connectivity index (χ4n) is 1.59. The molecule has 0 radical (unpaired) electrons. The normalized spacial score (nSPS) is 13.3. The van der Waals surface area contributed by atoms with Crippen molar-refractivity contribution >= 4 is 5.97 Å². The molecule has 0 amide bonds. The molecule has 1 aromatic rings. The summed E-state index contributed by atoms with van der Waals surface area (Å²) in [6.45, 7) is 1.53. The van der Waals surface area contributed by atoms with E-state index in [1.807, 2.05) is 0 Å². The van der Waals surface area contributed by atoms with Crippen LogP contribution in [0.3, 0.4) is 0 Å². The van der Waals surface area contributed by atoms with E-state index in [2.05, 4.69) is 5.32 Å². The fourth-order valence-corrected chi connectivity index (χ4v) is 1.59. The van der Waals surface area contributed by atoms with E-state index in [0.717, 1.165) is 6.07 Å². The predicted molar refractivity (Wildman–Crippen MR) is 60.0 cm³/mol. The summed E-state index contributed by atoms with van der Waals surface area (Å²) in [5.41, 5.74) is -0.692. The highest BCUT2D eigenvalue weighted by molar-refractivity contribution is 5.73. The minimum absolute atomic E-state index is 0.0460. The molecule has 0 fully saturated rings. The van der Waals surface area contributed by atoms with Crippen LogP contribution >= 0.6 is 0 Å². The minimum atomic E-state index is -4.43. The highest BCUT2D eigenvalue weighted by atomic mass is 19.4. The van der Waals surface area contributed by atoms with Crippen molar-refractivity contribution in [3.8, 4) is 0 Å². The molecule has 0 aliphatic carbocycles. The number of benzene rings is 1. The minimum Gasteiger partial charge on any atom is -0.480 e. The quantitative estimate of drug-likeness (QED) is 0.856. The number of aliphatic carboxylic acids is 1. The van der Waals surface area contributed by atoms with E-state index < -0.39 is 23.8 Å². The number of nitrogens with one attached hydrogen (secondary N) is 1. The van der Waals surface area contributed by atoms with Gasteiger partial charge in [-0.15, -0.1) is 0 Å². The van der Waals surface area contributed by atoms with Crippen LogP contribution in [-0.2, 0) is 17.5 Å². The summed E-state index contributed by atoms with van der Waals surface area (Å²) in [4.78, 5) is 10.7. The lowest BCUT2D eigenvalue weighted by atomic mass is 10.1. The maximum absolute atomic E-state index is 12.7. The van der Waals surface area contributed by atoms with Crippen molar-refractivity contribution in [3.63, 3.8) is 0 Å². The molecule has 1 rings (SSSR count). The second-order valence-electron chi connectivity index (χ2n) is 3.83. The Balaban J connectivity index is 2.82. The van der Waals surface area contributed by atoms with Crippen molar-refractivity contribution in [1.29, 1.82) is 0 Å². The molecule has 1 aromatic carbocycles. The topological polar surface area (TPSA) is 49.3 Å². The molecule has 0 heterocycles. The second kappa shape index (κ2) is 5.86. The monoisotopic (exact) mass is 261 g/mol. The molecule has 18 heavy (non-hydrogen) atoms. The lowest BCUT2D eigenvalue weighted by Crippen LogP contribution is -2.35. The Kier molecular flexibility index (Phi) is 4.72. The second-order valence-corrected chi connectivity index (χ2v) is 3.83. The zero-order valence-corrected chi connectivity index (χ0v) is 9.79. The van der Waals surface area contributed by atoms with Crippen molar-refractivity contribution in [1.82, 2.24) is 5.32 Å². The van der Waals surface area contributed by atoms with Crippen LogP contribution in [-0.4, -0.2) is 17.1 Å². The van der Waals surface area contributed by atoms with Crippen LogP contribution in [0.1, 0.15) is 24.5 Å². The lowest BCUT2D eigenvalue weighted by Gasteiger charge is -2.16. The Hall–Kier alpha value is -1.56. The molecule has 2 N–H and O–H groups in total. The summed E-state index contributed by atoms with van der Waals surface area (Å²) in [5.74, 6) is -1.07. The van der Waals surface area contributed by atoms with E-state index in [-0.39, 0.29) is 12.1 Å². The van der Waals surface area contributed by atoms with E-state index in [9.17, 15) is 18.0 Å². The van der Waals surface area contributed by atoms with Gasteiger partial charge < -0.3 is 10.4 Å². The molecule has 0 saturated carbocycles. The van der Waals surface area contributed by atoms with Crippen LogP contribution in [0.2, 0.25) is 0 Å². The average molecular weight is 261 g/mol. The molecule has 0 aromatic heterocycles. The van der Waals surface area contributed by atoms with E-state index >= 15 is 0 Å². The predicted octanol–water partition coefficient (Wildman–Crippen LogP) is 2.66. The third kappa shape index (κ3) is 3.73. The van der Waals surface area contributed by atoms with Gasteiger partial charge in [0.2, 0.25) is 0 Å². The maximum atomic E-state index is 12.7. The van der Waals surface area contributed by atoms with Gasteiger partial charge in [0.1, 0.15) is 6.04 Å². The number of carboxylic acids is 1. The van der Waals surface area contributed by atoms with Crippen LogP contribution < -0.4 is 5.32 Å². The molecule has 0 aliphatic heterocycles. The van der Waals surface area contributed by atoms with Gasteiger partial charge in [0.15, 0.2) is 0 Å². The lowest BCUT2D eigenvalue weighted by molar-refractivity contribution is -0.139. The van der Waals surface area contributed by atoms with E-state index in [1.165, 1.54) is 18.2 Å². The highest BCUT2D eigenvalue weighted by Gasteiger charge is 2.32. The van der Waals surface area contributed by atoms with Crippen LogP contribution in [0, 0.1) is 0 Å². The molecule has 3 nitrogen and oxygen atoms in total. The summed E-state index contributed by atoms with van der Waals surface area (Å²) < 4.78 is 38.0. The zero-order chi connectivity index (χ0) is 13.8. The summed E-state index contributed by atoms with van der Waals surface area (Å²) in [6.07, 6.45) is -4.12. The molecule has 6 heteroatoms. The van der Waals surface area contributed by atoms with Crippen LogP contribution in [0.4, 0.5) is 13.2 Å². The van der Waals surface area contributed by atoms with E-state index in [1.54, 1.807) is 6.92 Å². The summed E-state index contributed by atoms with van der Waals surface area (Å²) >= 11 is 0. The molecule has 0 saturated heterocycles. The third-order valence-electron chi connectivity index (χ3n) is 2.57. The van der Waals surface area contributed by atoms with Crippen LogP contribution in [0.5, 0.6) is 0 Å². The van der Waals surface area contributed by atoms with Gasteiger partial charge in [-0.05, 0) is 18.1 Å². The van der Waals surface area contributed by atoms with Gasteiger partial charge in [0, 0.05) is 6.54 Å². The first-order valence-electron chi connectivity index (χ1n) is 5.47. The first-order chi connectivity index (χ1) is 8.36. The molecule has 0 spiro atoms. The van der Waals surface area contributed by atoms with Crippen molar-refractivity contribution in [2.45, 2.75) is 32.1 Å². The van der Waals surface area contributed by atoms with E-state index in [0.29, 0.717) is 6.42 Å². The Labute approximate surface area is 103 Å². The number of carboxylic acid groups (broad SMARTS) is 1. The van der Waals surface area contributed by atoms with Gasteiger partial charge in [-0.2, -0.15) is 13.2 Å². The van der Waals surface area contributed by atoms with Gasteiger partial charge >= 0.3 is 12.1 Å². The summed E-state index contributed by atoms with van der Waals surface area (Å²) in [6, 6.07) is 4.28. The van der Waals surface area contributed by atoms with Gasteiger partial charge in [-0.1, -0.05) is 25.1 Å². The fraction of sp³-hybridized carbons (Fsp3) is 0.417. The Morgan fingerprint density at radius 3 is 2.50 bits per heavy atom.